The molecule has 0 N–H and O–H groups in total. The van der Waals surface area contributed by atoms with E-state index in [-0.39, 0.29) is 28.9 Å². The maximum Gasteiger partial charge on any atom is 0.313 e. The lowest BCUT2D eigenvalue weighted by Crippen LogP contribution is -2.64. The molecule has 1 aromatic rings. The number of ether oxygens (including phenoxy) is 1. The molecule has 5 nitrogen and oxygen atoms in total. The third kappa shape index (κ3) is 2.41. The zero-order valence-corrected chi connectivity index (χ0v) is 15.9. The number of fused-ring (bicyclic) bond motifs is 1. The number of nitro groups is 1. The second kappa shape index (κ2) is 6.08. The second-order valence-corrected chi connectivity index (χ2v) is 7.86. The van der Waals surface area contributed by atoms with Crippen LogP contribution in [0.25, 0.3) is 0 Å². The van der Waals surface area contributed by atoms with Crippen LogP contribution in [0.5, 0.6) is 0 Å². The van der Waals surface area contributed by atoms with Gasteiger partial charge in [0.2, 0.25) is 0 Å². The first kappa shape index (κ1) is 18.4. The van der Waals surface area contributed by atoms with Crippen LogP contribution in [0.1, 0.15) is 46.1 Å². The Kier molecular flexibility index (Phi) is 4.29. The molecule has 0 heterocycles. The molecule has 2 aliphatic rings. The maximum atomic E-state index is 13.0. The molecule has 0 aromatic heterocycles. The van der Waals surface area contributed by atoms with E-state index in [1.165, 1.54) is 23.3 Å². The molecule has 5 heteroatoms. The van der Waals surface area contributed by atoms with Gasteiger partial charge in [-0.2, -0.15) is 0 Å². The average Bonchev–Trinajstić information content (AvgIpc) is 2.53. The van der Waals surface area contributed by atoms with Gasteiger partial charge in [0.15, 0.2) is 0 Å². The van der Waals surface area contributed by atoms with Gasteiger partial charge in [0.25, 0.3) is 5.69 Å². The minimum atomic E-state index is -0.696. The van der Waals surface area contributed by atoms with Crippen LogP contribution < -0.4 is 0 Å². The number of hydrogen-bond donors (Lipinski definition) is 0. The Morgan fingerprint density at radius 3 is 2.35 bits per heavy atom. The average molecular weight is 355 g/mol. The molecule has 138 valence electrons. The molecule has 0 unspecified atom stereocenters. The van der Waals surface area contributed by atoms with Crippen LogP contribution >= 0.6 is 0 Å². The van der Waals surface area contributed by atoms with Crippen molar-refractivity contribution in [3.63, 3.8) is 0 Å². The molecule has 0 saturated heterocycles. The Morgan fingerprint density at radius 2 is 1.81 bits per heavy atom. The summed E-state index contributed by atoms with van der Waals surface area (Å²) in [4.78, 5) is 23.5. The number of carbonyl (C=O) groups excluding carboxylic acids is 1. The highest BCUT2D eigenvalue weighted by atomic mass is 16.6. The van der Waals surface area contributed by atoms with Gasteiger partial charge in [-0.3, -0.25) is 14.9 Å². The quantitative estimate of drug-likeness (QED) is 0.442. The lowest BCUT2D eigenvalue weighted by molar-refractivity contribution is -0.384. The van der Waals surface area contributed by atoms with Crippen molar-refractivity contribution in [2.75, 3.05) is 6.61 Å². The molecule has 0 bridgehead atoms. The summed E-state index contributed by atoms with van der Waals surface area (Å²) in [5.74, 6) is -0.247. The van der Waals surface area contributed by atoms with E-state index >= 15 is 0 Å². The summed E-state index contributed by atoms with van der Waals surface area (Å²) in [6, 6.07) is 6.58. The number of nitrogens with zero attached hydrogens (tertiary/aromatic N) is 1. The van der Waals surface area contributed by atoms with Gasteiger partial charge in [-0.05, 0) is 33.3 Å². The highest BCUT2D eigenvalue weighted by molar-refractivity contribution is 5.82. The van der Waals surface area contributed by atoms with Gasteiger partial charge in [0.05, 0.1) is 16.9 Å². The molecule has 0 spiro atoms. The topological polar surface area (TPSA) is 69.4 Å². The lowest BCUT2D eigenvalue weighted by atomic mass is 9.36. The Morgan fingerprint density at radius 1 is 1.19 bits per heavy atom. The van der Waals surface area contributed by atoms with E-state index in [4.69, 9.17) is 4.74 Å². The molecule has 26 heavy (non-hydrogen) atoms. The maximum absolute atomic E-state index is 13.0. The van der Waals surface area contributed by atoms with Crippen LogP contribution in [0.4, 0.5) is 5.69 Å². The van der Waals surface area contributed by atoms with Crippen molar-refractivity contribution >= 4 is 11.7 Å². The number of hydrogen-bond acceptors (Lipinski definition) is 4. The van der Waals surface area contributed by atoms with Crippen molar-refractivity contribution in [1.29, 1.82) is 0 Å². The summed E-state index contributed by atoms with van der Waals surface area (Å²) in [5, 5.41) is 11.0. The second-order valence-electron chi connectivity index (χ2n) is 7.86. The Bertz CT molecular complexity index is 823. The Balaban J connectivity index is 2.11. The van der Waals surface area contributed by atoms with Crippen molar-refractivity contribution in [1.82, 2.24) is 0 Å². The number of esters is 1. The highest BCUT2D eigenvalue weighted by Crippen LogP contribution is 2.72. The Hall–Kier alpha value is -2.43. The predicted molar refractivity (Wildman–Crippen MR) is 99.7 cm³/mol. The van der Waals surface area contributed by atoms with E-state index in [2.05, 4.69) is 32.9 Å². The largest absolute Gasteiger partial charge is 0.466 e. The fraction of sp³-hybridized carbons (Fsp3) is 0.476. The predicted octanol–water partition coefficient (Wildman–Crippen LogP) is 4.79. The van der Waals surface area contributed by atoms with E-state index < -0.39 is 10.3 Å². The number of benzene rings is 1. The molecule has 1 fully saturated rings. The fourth-order valence-corrected chi connectivity index (χ4v) is 5.65. The molecule has 0 amide bonds. The van der Waals surface area contributed by atoms with Gasteiger partial charge in [0.1, 0.15) is 0 Å². The van der Waals surface area contributed by atoms with Crippen LogP contribution in [0.3, 0.4) is 0 Å². The SMILES string of the molecule is CCOC(=O)[C@]1(C)[C@H](c2ccc([N+](=O)[O-])cc2)[C@]2(C)C=C(C)C=C(C)[C@@H]21. The van der Waals surface area contributed by atoms with Gasteiger partial charge >= 0.3 is 5.97 Å². The minimum Gasteiger partial charge on any atom is -0.466 e. The van der Waals surface area contributed by atoms with Crippen LogP contribution in [-0.2, 0) is 9.53 Å². The molecule has 0 radical (unpaired) electrons. The smallest absolute Gasteiger partial charge is 0.313 e. The number of rotatable bonds is 4. The van der Waals surface area contributed by atoms with Crippen molar-refractivity contribution < 1.29 is 14.5 Å². The van der Waals surface area contributed by atoms with E-state index in [9.17, 15) is 14.9 Å². The molecule has 0 aliphatic heterocycles. The van der Waals surface area contributed by atoms with Gasteiger partial charge in [-0.15, -0.1) is 0 Å². The zero-order valence-electron chi connectivity index (χ0n) is 15.9. The summed E-state index contributed by atoms with van der Waals surface area (Å²) in [7, 11) is 0. The van der Waals surface area contributed by atoms with E-state index in [0.717, 1.165) is 5.56 Å². The molecule has 2 aliphatic carbocycles. The standard InChI is InChI=1S/C21H25NO4/c1-6-26-19(23)21(5)17-14(3)11-13(2)12-20(17,4)18(21)15-7-9-16(10-8-15)22(24)25/h7-12,17-18H,6H2,1-5H3/t17-,18+,20+,21-/m0/s1. The first-order valence-corrected chi connectivity index (χ1v) is 8.95. The highest BCUT2D eigenvalue weighted by Gasteiger charge is 2.70. The van der Waals surface area contributed by atoms with Crippen molar-refractivity contribution in [3.8, 4) is 0 Å². The summed E-state index contributed by atoms with van der Waals surface area (Å²) < 4.78 is 5.44. The monoisotopic (exact) mass is 355 g/mol. The van der Waals surface area contributed by atoms with Crippen LogP contribution in [0.15, 0.2) is 47.6 Å². The molecule has 1 aromatic carbocycles. The number of nitro benzene ring substituents is 1. The first-order valence-electron chi connectivity index (χ1n) is 8.95. The molecule has 3 rings (SSSR count). The normalized spacial score (nSPS) is 32.7. The fourth-order valence-electron chi connectivity index (χ4n) is 5.65. The van der Waals surface area contributed by atoms with Gasteiger partial charge in [-0.25, -0.2) is 0 Å². The summed E-state index contributed by atoms with van der Waals surface area (Å²) in [6.45, 7) is 10.4. The van der Waals surface area contributed by atoms with Crippen molar-refractivity contribution in [3.05, 3.63) is 63.2 Å². The van der Waals surface area contributed by atoms with Gasteiger partial charge < -0.3 is 4.74 Å². The summed E-state index contributed by atoms with van der Waals surface area (Å²) >= 11 is 0. The third-order valence-electron chi connectivity index (χ3n) is 6.05. The van der Waals surface area contributed by atoms with E-state index in [0.29, 0.717) is 6.61 Å². The van der Waals surface area contributed by atoms with Crippen molar-refractivity contribution in [2.24, 2.45) is 16.7 Å². The number of non-ortho nitro benzene ring substituents is 1. The summed E-state index contributed by atoms with van der Waals surface area (Å²) in [5.41, 5.74) is 2.43. The van der Waals surface area contributed by atoms with E-state index in [1.807, 2.05) is 13.8 Å². The number of allylic oxidation sites excluding steroid dienone is 4. The molecular formula is C21H25NO4. The van der Waals surface area contributed by atoms with E-state index in [1.54, 1.807) is 12.1 Å². The Labute approximate surface area is 153 Å². The van der Waals surface area contributed by atoms with Crippen molar-refractivity contribution in [2.45, 2.75) is 40.5 Å². The van der Waals surface area contributed by atoms with Gasteiger partial charge in [-0.1, -0.05) is 42.4 Å². The molecule has 4 atom stereocenters. The lowest BCUT2D eigenvalue weighted by Gasteiger charge is -2.66. The van der Waals surface area contributed by atoms with Crippen LogP contribution in [0.2, 0.25) is 0 Å². The first-order chi connectivity index (χ1) is 12.2. The zero-order chi connectivity index (χ0) is 19.3. The minimum absolute atomic E-state index is 0.0536. The molecular weight excluding hydrogens is 330 g/mol. The third-order valence-corrected chi connectivity index (χ3v) is 6.05. The summed E-state index contributed by atoms with van der Waals surface area (Å²) in [6.07, 6.45) is 4.37. The number of carbonyl (C=O) groups is 1. The van der Waals surface area contributed by atoms with Crippen LogP contribution in [-0.4, -0.2) is 17.5 Å². The van der Waals surface area contributed by atoms with Gasteiger partial charge in [0, 0.05) is 29.4 Å². The molecule has 1 saturated carbocycles. The van der Waals surface area contributed by atoms with Crippen LogP contribution in [0, 0.1) is 26.9 Å².